The fraction of sp³-hybridized carbons (Fsp3) is 0.611. The van der Waals surface area contributed by atoms with Gasteiger partial charge in [0.15, 0.2) is 0 Å². The highest BCUT2D eigenvalue weighted by molar-refractivity contribution is 5.85. The second-order valence-electron chi connectivity index (χ2n) is 6.09. The largest absolute Gasteiger partial charge is 0.352 e. The summed E-state index contributed by atoms with van der Waals surface area (Å²) in [5.41, 5.74) is 2.59. The Balaban J connectivity index is 0.00000264. The molecule has 1 saturated heterocycles. The van der Waals surface area contributed by atoms with E-state index in [9.17, 15) is 4.79 Å². The molecule has 1 heterocycles. The van der Waals surface area contributed by atoms with Crippen LogP contribution in [0.4, 0.5) is 0 Å². The molecule has 2 N–H and O–H groups in total. The summed E-state index contributed by atoms with van der Waals surface area (Å²) in [5.74, 6) is 0.110. The molecule has 138 valence electrons. The molecule has 4 nitrogen and oxygen atoms in total. The quantitative estimate of drug-likeness (QED) is 0.769. The standard InChI is InChI=1S/C18H29N3O.2ClH/c1-19-11-10-18(22)20-14-16-8-4-5-9-17(16)15-21-12-6-2-3-7-13-21;;/h4-5,8-9,19H,2-3,6-7,10-15H2,1H3,(H,20,22);2*1H. The van der Waals surface area contributed by atoms with Crippen molar-refractivity contribution in [2.75, 3.05) is 26.7 Å². The monoisotopic (exact) mass is 375 g/mol. The van der Waals surface area contributed by atoms with Crippen molar-refractivity contribution in [2.24, 2.45) is 0 Å². The maximum Gasteiger partial charge on any atom is 0.221 e. The van der Waals surface area contributed by atoms with Crippen molar-refractivity contribution >= 4 is 30.7 Å². The van der Waals surface area contributed by atoms with E-state index in [-0.39, 0.29) is 30.7 Å². The number of nitrogens with one attached hydrogen (secondary N) is 2. The summed E-state index contributed by atoms with van der Waals surface area (Å²) in [7, 11) is 1.86. The number of halogens is 2. The van der Waals surface area contributed by atoms with Gasteiger partial charge in [0.05, 0.1) is 0 Å². The van der Waals surface area contributed by atoms with Gasteiger partial charge in [-0.25, -0.2) is 0 Å². The van der Waals surface area contributed by atoms with Crippen LogP contribution in [-0.2, 0) is 17.9 Å². The maximum atomic E-state index is 11.8. The average molecular weight is 376 g/mol. The molecule has 1 aliphatic rings. The Hall–Kier alpha value is -0.810. The van der Waals surface area contributed by atoms with Crippen molar-refractivity contribution in [3.63, 3.8) is 0 Å². The number of hydrogen-bond donors (Lipinski definition) is 2. The molecule has 2 rings (SSSR count). The van der Waals surface area contributed by atoms with Gasteiger partial charge in [-0.1, -0.05) is 37.1 Å². The van der Waals surface area contributed by atoms with E-state index < -0.39 is 0 Å². The van der Waals surface area contributed by atoms with Crippen molar-refractivity contribution in [3.05, 3.63) is 35.4 Å². The molecule has 1 fully saturated rings. The fourth-order valence-corrected chi connectivity index (χ4v) is 2.94. The molecule has 1 aromatic rings. The fourth-order valence-electron chi connectivity index (χ4n) is 2.94. The number of amides is 1. The van der Waals surface area contributed by atoms with E-state index in [1.165, 1.54) is 49.9 Å². The number of carbonyl (C=O) groups is 1. The van der Waals surface area contributed by atoms with Gasteiger partial charge in [-0.15, -0.1) is 24.8 Å². The normalized spacial score (nSPS) is 14.9. The molecule has 0 atom stereocenters. The molecule has 0 unspecified atom stereocenters. The van der Waals surface area contributed by atoms with Crippen LogP contribution < -0.4 is 10.6 Å². The lowest BCUT2D eigenvalue weighted by Crippen LogP contribution is -2.28. The molecule has 6 heteroatoms. The van der Waals surface area contributed by atoms with Gasteiger partial charge in [0, 0.05) is 26.1 Å². The van der Waals surface area contributed by atoms with Crippen LogP contribution in [0, 0.1) is 0 Å². The van der Waals surface area contributed by atoms with Crippen LogP contribution >= 0.6 is 24.8 Å². The Morgan fingerprint density at radius 2 is 1.67 bits per heavy atom. The number of rotatable bonds is 7. The highest BCUT2D eigenvalue weighted by Crippen LogP contribution is 2.16. The van der Waals surface area contributed by atoms with E-state index in [4.69, 9.17) is 0 Å². The first-order valence-electron chi connectivity index (χ1n) is 8.50. The van der Waals surface area contributed by atoms with Crippen LogP contribution in [0.5, 0.6) is 0 Å². The number of benzene rings is 1. The summed E-state index contributed by atoms with van der Waals surface area (Å²) in [4.78, 5) is 14.3. The first-order chi connectivity index (χ1) is 10.8. The van der Waals surface area contributed by atoms with Gasteiger partial charge in [-0.3, -0.25) is 9.69 Å². The second-order valence-corrected chi connectivity index (χ2v) is 6.09. The zero-order chi connectivity index (χ0) is 15.6. The summed E-state index contributed by atoms with van der Waals surface area (Å²) in [5, 5.41) is 6.03. The zero-order valence-electron chi connectivity index (χ0n) is 14.6. The van der Waals surface area contributed by atoms with Crippen molar-refractivity contribution in [1.29, 1.82) is 0 Å². The van der Waals surface area contributed by atoms with Crippen LogP contribution in [0.2, 0.25) is 0 Å². The molecule has 0 aromatic heterocycles. The molecule has 0 spiro atoms. The first-order valence-corrected chi connectivity index (χ1v) is 8.50. The van der Waals surface area contributed by atoms with E-state index >= 15 is 0 Å². The van der Waals surface area contributed by atoms with Crippen LogP contribution in [0.3, 0.4) is 0 Å². The van der Waals surface area contributed by atoms with E-state index in [1.54, 1.807) is 0 Å². The molecule has 0 saturated carbocycles. The minimum Gasteiger partial charge on any atom is -0.352 e. The summed E-state index contributed by atoms with van der Waals surface area (Å²) < 4.78 is 0. The summed E-state index contributed by atoms with van der Waals surface area (Å²) in [6.07, 6.45) is 5.87. The molecule has 0 aliphatic carbocycles. The third-order valence-electron chi connectivity index (χ3n) is 4.29. The molecule has 1 aromatic carbocycles. The van der Waals surface area contributed by atoms with Gasteiger partial charge in [0.25, 0.3) is 0 Å². The average Bonchev–Trinajstić information content (AvgIpc) is 2.81. The third-order valence-corrected chi connectivity index (χ3v) is 4.29. The van der Waals surface area contributed by atoms with Crippen molar-refractivity contribution in [1.82, 2.24) is 15.5 Å². The van der Waals surface area contributed by atoms with Crippen LogP contribution in [0.1, 0.15) is 43.2 Å². The van der Waals surface area contributed by atoms with Gasteiger partial charge < -0.3 is 10.6 Å². The van der Waals surface area contributed by atoms with Crippen molar-refractivity contribution in [2.45, 2.75) is 45.2 Å². The lowest BCUT2D eigenvalue weighted by atomic mass is 10.1. The summed E-state index contributed by atoms with van der Waals surface area (Å²) >= 11 is 0. The maximum absolute atomic E-state index is 11.8. The minimum atomic E-state index is 0. The van der Waals surface area contributed by atoms with Crippen LogP contribution in [-0.4, -0.2) is 37.5 Å². The Labute approximate surface area is 158 Å². The molecule has 24 heavy (non-hydrogen) atoms. The number of nitrogens with zero attached hydrogens (tertiary/aromatic N) is 1. The molecule has 1 aliphatic heterocycles. The Morgan fingerprint density at radius 1 is 1.04 bits per heavy atom. The lowest BCUT2D eigenvalue weighted by molar-refractivity contribution is -0.121. The second kappa shape index (κ2) is 13.5. The van der Waals surface area contributed by atoms with E-state index in [0.717, 1.165) is 13.1 Å². The van der Waals surface area contributed by atoms with E-state index in [1.807, 2.05) is 7.05 Å². The Morgan fingerprint density at radius 3 is 2.29 bits per heavy atom. The van der Waals surface area contributed by atoms with E-state index in [2.05, 4.69) is 39.8 Å². The van der Waals surface area contributed by atoms with Crippen LogP contribution in [0.15, 0.2) is 24.3 Å². The van der Waals surface area contributed by atoms with Crippen LogP contribution in [0.25, 0.3) is 0 Å². The number of likely N-dealkylation sites (tertiary alicyclic amines) is 1. The molecule has 1 amide bonds. The van der Waals surface area contributed by atoms with Gasteiger partial charge in [-0.2, -0.15) is 0 Å². The minimum absolute atomic E-state index is 0. The van der Waals surface area contributed by atoms with Gasteiger partial charge in [0.2, 0.25) is 5.91 Å². The van der Waals surface area contributed by atoms with Gasteiger partial charge >= 0.3 is 0 Å². The van der Waals surface area contributed by atoms with Gasteiger partial charge in [0.1, 0.15) is 0 Å². The smallest absolute Gasteiger partial charge is 0.221 e. The SMILES string of the molecule is CNCCC(=O)NCc1ccccc1CN1CCCCCC1.Cl.Cl. The molecular weight excluding hydrogens is 345 g/mol. The molecular formula is C18H31Cl2N3O. The topological polar surface area (TPSA) is 44.4 Å². The predicted molar refractivity (Wildman–Crippen MR) is 105 cm³/mol. The lowest BCUT2D eigenvalue weighted by Gasteiger charge is -2.21. The third kappa shape index (κ3) is 8.34. The zero-order valence-corrected chi connectivity index (χ0v) is 16.2. The van der Waals surface area contributed by atoms with Crippen molar-refractivity contribution < 1.29 is 4.79 Å². The highest BCUT2D eigenvalue weighted by Gasteiger charge is 2.12. The number of carbonyl (C=O) groups excluding carboxylic acids is 1. The molecule has 0 radical (unpaired) electrons. The molecule has 0 bridgehead atoms. The van der Waals surface area contributed by atoms with Crippen molar-refractivity contribution in [3.8, 4) is 0 Å². The van der Waals surface area contributed by atoms with Gasteiger partial charge in [-0.05, 0) is 44.1 Å². The Bertz CT molecular complexity index is 463. The first kappa shape index (κ1) is 23.2. The van der Waals surface area contributed by atoms with E-state index in [0.29, 0.717) is 13.0 Å². The predicted octanol–water partition coefficient (Wildman–Crippen LogP) is 3.13. The summed E-state index contributed by atoms with van der Waals surface area (Å²) in [6.45, 7) is 4.75. The summed E-state index contributed by atoms with van der Waals surface area (Å²) in [6, 6.07) is 8.48. The Kier molecular flexibility index (Phi) is 13.0. The number of hydrogen-bond acceptors (Lipinski definition) is 3. The highest BCUT2D eigenvalue weighted by atomic mass is 35.5.